The lowest BCUT2D eigenvalue weighted by Crippen LogP contribution is -2.59. The quantitative estimate of drug-likeness (QED) is 0.794. The summed E-state index contributed by atoms with van der Waals surface area (Å²) in [6, 6.07) is 1.23. The predicted octanol–water partition coefficient (Wildman–Crippen LogP) is 1.04. The van der Waals surface area contributed by atoms with Crippen LogP contribution in [0.25, 0.3) is 0 Å². The maximum atomic E-state index is 13.0. The van der Waals surface area contributed by atoms with Gasteiger partial charge in [-0.05, 0) is 19.9 Å². The number of carbonyl (C=O) groups excluding carboxylic acids is 1. The molecular formula is C12H16FN3O. The lowest BCUT2D eigenvalue weighted by atomic mass is 9.99. The lowest BCUT2D eigenvalue weighted by molar-refractivity contribution is 0.0476. The molecule has 92 valence electrons. The Morgan fingerprint density at radius 2 is 2.29 bits per heavy atom. The van der Waals surface area contributed by atoms with Gasteiger partial charge in [0.05, 0.1) is 17.3 Å². The molecule has 4 nitrogen and oxygen atoms in total. The molecule has 1 aromatic rings. The molecule has 1 amide bonds. The van der Waals surface area contributed by atoms with E-state index in [1.54, 1.807) is 4.90 Å². The molecule has 0 bridgehead atoms. The highest BCUT2D eigenvalue weighted by Crippen LogP contribution is 2.19. The zero-order valence-electron chi connectivity index (χ0n) is 10.0. The highest BCUT2D eigenvalue weighted by molar-refractivity contribution is 5.94. The number of nitrogens with one attached hydrogen (secondary N) is 1. The number of amides is 1. The number of hydrogen-bond donors (Lipinski definition) is 1. The molecule has 1 aliphatic heterocycles. The molecule has 0 aromatic carbocycles. The second-order valence-corrected chi connectivity index (χ2v) is 4.84. The van der Waals surface area contributed by atoms with Crippen LogP contribution in [0.4, 0.5) is 4.39 Å². The number of carbonyl (C=O) groups is 1. The van der Waals surface area contributed by atoms with Gasteiger partial charge >= 0.3 is 0 Å². The summed E-state index contributed by atoms with van der Waals surface area (Å²) in [5.74, 6) is -0.646. The van der Waals surface area contributed by atoms with Gasteiger partial charge in [0.25, 0.3) is 5.91 Å². The molecule has 0 atom stereocenters. The van der Waals surface area contributed by atoms with E-state index in [-0.39, 0.29) is 11.4 Å². The Hall–Kier alpha value is -1.49. The Morgan fingerprint density at radius 3 is 2.94 bits per heavy atom. The topological polar surface area (TPSA) is 45.2 Å². The van der Waals surface area contributed by atoms with Crippen molar-refractivity contribution in [3.8, 4) is 0 Å². The van der Waals surface area contributed by atoms with Gasteiger partial charge in [-0.2, -0.15) is 0 Å². The average Bonchev–Trinajstić information content (AvgIpc) is 2.27. The zero-order chi connectivity index (χ0) is 12.5. The van der Waals surface area contributed by atoms with Crippen LogP contribution >= 0.6 is 0 Å². The van der Waals surface area contributed by atoms with Gasteiger partial charge in [0.2, 0.25) is 0 Å². The molecular weight excluding hydrogens is 221 g/mol. The van der Waals surface area contributed by atoms with Gasteiger partial charge in [0.1, 0.15) is 5.82 Å². The summed E-state index contributed by atoms with van der Waals surface area (Å²) in [7, 11) is 0. The third-order valence-corrected chi connectivity index (χ3v) is 3.00. The third kappa shape index (κ3) is 2.44. The summed E-state index contributed by atoms with van der Waals surface area (Å²) in [5, 5.41) is 3.24. The van der Waals surface area contributed by atoms with Crippen LogP contribution in [0.15, 0.2) is 18.5 Å². The molecule has 17 heavy (non-hydrogen) atoms. The second-order valence-electron chi connectivity index (χ2n) is 4.84. The van der Waals surface area contributed by atoms with E-state index in [2.05, 4.69) is 10.3 Å². The summed E-state index contributed by atoms with van der Waals surface area (Å²) in [4.78, 5) is 17.7. The Kier molecular flexibility index (Phi) is 3.11. The van der Waals surface area contributed by atoms with E-state index in [0.29, 0.717) is 12.1 Å². The van der Waals surface area contributed by atoms with Crippen molar-refractivity contribution in [3.05, 3.63) is 29.8 Å². The van der Waals surface area contributed by atoms with Crippen molar-refractivity contribution in [2.24, 2.45) is 0 Å². The van der Waals surface area contributed by atoms with E-state index in [0.717, 1.165) is 19.3 Å². The van der Waals surface area contributed by atoms with Gasteiger partial charge in [0, 0.05) is 25.8 Å². The first-order valence-corrected chi connectivity index (χ1v) is 5.64. The van der Waals surface area contributed by atoms with Crippen molar-refractivity contribution in [1.29, 1.82) is 0 Å². The Morgan fingerprint density at radius 1 is 1.53 bits per heavy atom. The highest BCUT2D eigenvalue weighted by atomic mass is 19.1. The summed E-state index contributed by atoms with van der Waals surface area (Å²) in [5.41, 5.74) is 0.0433. The number of rotatable bonds is 1. The van der Waals surface area contributed by atoms with Crippen molar-refractivity contribution in [1.82, 2.24) is 15.2 Å². The Bertz CT molecular complexity index is 434. The molecule has 0 unspecified atom stereocenters. The van der Waals surface area contributed by atoms with Crippen LogP contribution in [0.1, 0.15) is 24.2 Å². The molecule has 0 saturated carbocycles. The first-order valence-electron chi connectivity index (χ1n) is 5.64. The number of piperazine rings is 1. The van der Waals surface area contributed by atoms with Crippen LogP contribution in [-0.4, -0.2) is 41.0 Å². The maximum Gasteiger partial charge on any atom is 0.256 e. The monoisotopic (exact) mass is 237 g/mol. The predicted molar refractivity (Wildman–Crippen MR) is 62.2 cm³/mol. The molecule has 2 rings (SSSR count). The van der Waals surface area contributed by atoms with Crippen molar-refractivity contribution < 1.29 is 9.18 Å². The van der Waals surface area contributed by atoms with Crippen LogP contribution in [-0.2, 0) is 0 Å². The average molecular weight is 237 g/mol. The molecule has 1 fully saturated rings. The fraction of sp³-hybridized carbons (Fsp3) is 0.500. The van der Waals surface area contributed by atoms with E-state index >= 15 is 0 Å². The zero-order valence-corrected chi connectivity index (χ0v) is 10.0. The van der Waals surface area contributed by atoms with Crippen LogP contribution < -0.4 is 5.32 Å². The maximum absolute atomic E-state index is 13.0. The van der Waals surface area contributed by atoms with Crippen LogP contribution in [0, 0.1) is 5.82 Å². The van der Waals surface area contributed by atoms with Crippen molar-refractivity contribution >= 4 is 5.91 Å². The largest absolute Gasteiger partial charge is 0.331 e. The fourth-order valence-electron chi connectivity index (χ4n) is 2.04. The number of halogens is 1. The smallest absolute Gasteiger partial charge is 0.256 e. The minimum absolute atomic E-state index is 0.163. The minimum Gasteiger partial charge on any atom is -0.331 e. The van der Waals surface area contributed by atoms with Crippen molar-refractivity contribution in [2.45, 2.75) is 19.4 Å². The molecule has 1 aliphatic rings. The second kappa shape index (κ2) is 4.41. The van der Waals surface area contributed by atoms with Crippen LogP contribution in [0.3, 0.4) is 0 Å². The van der Waals surface area contributed by atoms with Gasteiger partial charge < -0.3 is 10.2 Å². The summed E-state index contributed by atoms with van der Waals surface area (Å²) >= 11 is 0. The molecule has 5 heteroatoms. The molecule has 1 N–H and O–H groups in total. The van der Waals surface area contributed by atoms with E-state index in [1.165, 1.54) is 12.3 Å². The molecule has 0 aliphatic carbocycles. The molecule has 0 spiro atoms. The lowest BCUT2D eigenvalue weighted by Gasteiger charge is -2.42. The summed E-state index contributed by atoms with van der Waals surface area (Å²) in [6.07, 6.45) is 2.50. The normalized spacial score (nSPS) is 19.1. The van der Waals surface area contributed by atoms with Crippen molar-refractivity contribution in [2.75, 3.05) is 19.6 Å². The number of hydrogen-bond acceptors (Lipinski definition) is 3. The number of nitrogens with zero attached hydrogens (tertiary/aromatic N) is 2. The third-order valence-electron chi connectivity index (χ3n) is 3.00. The number of pyridine rings is 1. The highest BCUT2D eigenvalue weighted by Gasteiger charge is 2.33. The van der Waals surface area contributed by atoms with E-state index in [9.17, 15) is 9.18 Å². The first kappa shape index (κ1) is 12.0. The Balaban J connectivity index is 2.25. The molecule has 2 heterocycles. The van der Waals surface area contributed by atoms with Gasteiger partial charge in [-0.25, -0.2) is 4.39 Å². The van der Waals surface area contributed by atoms with E-state index in [4.69, 9.17) is 0 Å². The molecule has 1 aromatic heterocycles. The molecule has 0 radical (unpaired) electrons. The summed E-state index contributed by atoms with van der Waals surface area (Å²) < 4.78 is 13.0. The first-order chi connectivity index (χ1) is 8.00. The van der Waals surface area contributed by atoms with Gasteiger partial charge in [0.15, 0.2) is 0 Å². The molecule has 1 saturated heterocycles. The van der Waals surface area contributed by atoms with E-state index < -0.39 is 5.82 Å². The minimum atomic E-state index is -0.483. The SMILES string of the molecule is CC1(C)CNCCN1C(=O)c1cncc(F)c1. The Labute approximate surface area is 99.8 Å². The standard InChI is InChI=1S/C12H16FN3O/c1-12(2)8-14-3-4-16(12)11(17)9-5-10(13)7-15-6-9/h5-7,14H,3-4,8H2,1-2H3. The van der Waals surface area contributed by atoms with Gasteiger partial charge in [-0.15, -0.1) is 0 Å². The van der Waals surface area contributed by atoms with Gasteiger partial charge in [-0.1, -0.05) is 0 Å². The van der Waals surface area contributed by atoms with Crippen LogP contribution in [0.5, 0.6) is 0 Å². The number of aromatic nitrogens is 1. The fourth-order valence-corrected chi connectivity index (χ4v) is 2.04. The van der Waals surface area contributed by atoms with E-state index in [1.807, 2.05) is 13.8 Å². The van der Waals surface area contributed by atoms with Crippen molar-refractivity contribution in [3.63, 3.8) is 0 Å². The van der Waals surface area contributed by atoms with Crippen LogP contribution in [0.2, 0.25) is 0 Å². The summed E-state index contributed by atoms with van der Waals surface area (Å²) in [6.45, 7) is 6.11. The van der Waals surface area contributed by atoms with Gasteiger partial charge in [-0.3, -0.25) is 9.78 Å².